The lowest BCUT2D eigenvalue weighted by molar-refractivity contribution is -0.124. The molecule has 1 rings (SSSR count). The number of hydrogen-bond acceptors (Lipinski definition) is 4. The predicted octanol–water partition coefficient (Wildman–Crippen LogP) is 2.82. The minimum Gasteiger partial charge on any atom is -0.337 e. The smallest absolute Gasteiger partial charge is 0.235 e. The van der Waals surface area contributed by atoms with Crippen molar-refractivity contribution in [3.63, 3.8) is 0 Å². The van der Waals surface area contributed by atoms with Crippen molar-refractivity contribution in [1.29, 1.82) is 10.5 Å². The van der Waals surface area contributed by atoms with Gasteiger partial charge in [0, 0.05) is 12.6 Å². The number of carbonyl (C=O) groups is 1. The number of nitriles is 2. The minimum atomic E-state index is -0.867. The summed E-state index contributed by atoms with van der Waals surface area (Å²) in [6.07, 6.45) is 0. The summed E-state index contributed by atoms with van der Waals surface area (Å²) in [7, 11) is 0. The van der Waals surface area contributed by atoms with Crippen molar-refractivity contribution in [2.45, 2.75) is 52.7 Å². The lowest BCUT2D eigenvalue weighted by Gasteiger charge is -2.30. The van der Waals surface area contributed by atoms with Crippen LogP contribution in [0.25, 0.3) is 0 Å². The van der Waals surface area contributed by atoms with Gasteiger partial charge in [0.1, 0.15) is 5.54 Å². The highest BCUT2D eigenvalue weighted by Gasteiger charge is 2.30. The third kappa shape index (κ3) is 5.37. The van der Waals surface area contributed by atoms with Gasteiger partial charge in [-0.1, -0.05) is 26.0 Å². The maximum atomic E-state index is 12.4. The van der Waals surface area contributed by atoms with Gasteiger partial charge in [-0.2, -0.15) is 10.5 Å². The molecule has 0 saturated carbocycles. The summed E-state index contributed by atoms with van der Waals surface area (Å²) in [5.41, 5.74) is 0.797. The largest absolute Gasteiger partial charge is 0.337 e. The van der Waals surface area contributed by atoms with E-state index in [0.29, 0.717) is 12.1 Å². The van der Waals surface area contributed by atoms with E-state index in [4.69, 9.17) is 5.26 Å². The molecule has 0 heterocycles. The Morgan fingerprint density at radius 3 is 2.21 bits per heavy atom. The molecule has 0 radical (unpaired) electrons. The number of carbonyl (C=O) groups excluding carboxylic acids is 1. The van der Waals surface area contributed by atoms with Crippen LogP contribution in [-0.4, -0.2) is 28.9 Å². The zero-order valence-electron chi connectivity index (χ0n) is 15.1. The van der Waals surface area contributed by atoms with Crippen molar-refractivity contribution in [3.8, 4) is 12.1 Å². The number of nitrogens with one attached hydrogen (secondary N) is 1. The van der Waals surface area contributed by atoms with Crippen molar-refractivity contribution in [1.82, 2.24) is 10.2 Å². The molecular formula is C19H26N4O. The average molecular weight is 326 g/mol. The number of hydrogen-bond donors (Lipinski definition) is 1. The lowest BCUT2D eigenvalue weighted by atomic mass is 9.90. The molecule has 1 aromatic carbocycles. The number of amides is 1. The van der Waals surface area contributed by atoms with Crippen LogP contribution in [0.1, 0.15) is 45.7 Å². The number of rotatable bonds is 7. The second kappa shape index (κ2) is 8.47. The Kier molecular flexibility index (Phi) is 6.95. The molecule has 0 fully saturated rings. The summed E-state index contributed by atoms with van der Waals surface area (Å²) in [4.78, 5) is 14.4. The first kappa shape index (κ1) is 19.7. The van der Waals surface area contributed by atoms with Crippen molar-refractivity contribution in [2.75, 3.05) is 6.54 Å². The van der Waals surface area contributed by atoms with Crippen LogP contribution in [-0.2, 0) is 11.3 Å². The van der Waals surface area contributed by atoms with Crippen LogP contribution in [0.2, 0.25) is 0 Å². The fourth-order valence-corrected chi connectivity index (χ4v) is 2.16. The van der Waals surface area contributed by atoms with Crippen molar-refractivity contribution >= 4 is 5.91 Å². The summed E-state index contributed by atoms with van der Waals surface area (Å²) in [5, 5.41) is 21.0. The highest BCUT2D eigenvalue weighted by atomic mass is 16.2. The van der Waals surface area contributed by atoms with Crippen LogP contribution in [0.3, 0.4) is 0 Å². The van der Waals surface area contributed by atoms with Crippen molar-refractivity contribution < 1.29 is 4.79 Å². The van der Waals surface area contributed by atoms with Gasteiger partial charge in [0.2, 0.25) is 5.91 Å². The molecule has 24 heavy (non-hydrogen) atoms. The van der Waals surface area contributed by atoms with Gasteiger partial charge in [-0.05, 0) is 44.4 Å². The number of nitrogens with zero attached hydrogens (tertiary/aromatic N) is 3. The standard InChI is InChI=1S/C19H26N4O/c1-14(2)19(5,13-21)22-18(24)12-23(15(3)4)11-17-8-6-16(10-20)7-9-17/h6-9,14-15H,11-12H2,1-5H3,(H,22,24). The van der Waals surface area contributed by atoms with Crippen LogP contribution < -0.4 is 5.32 Å². The van der Waals surface area contributed by atoms with Crippen LogP contribution in [0.15, 0.2) is 24.3 Å². The predicted molar refractivity (Wildman–Crippen MR) is 93.7 cm³/mol. The molecule has 1 atom stereocenters. The molecule has 5 heteroatoms. The van der Waals surface area contributed by atoms with Crippen molar-refractivity contribution in [3.05, 3.63) is 35.4 Å². The van der Waals surface area contributed by atoms with E-state index in [1.807, 2.05) is 44.7 Å². The van der Waals surface area contributed by atoms with E-state index in [0.717, 1.165) is 5.56 Å². The van der Waals surface area contributed by atoms with Crippen molar-refractivity contribution in [2.24, 2.45) is 5.92 Å². The molecule has 128 valence electrons. The monoisotopic (exact) mass is 326 g/mol. The van der Waals surface area contributed by atoms with Gasteiger partial charge in [0.25, 0.3) is 0 Å². The van der Waals surface area contributed by atoms with Gasteiger partial charge in [0.15, 0.2) is 0 Å². The van der Waals surface area contributed by atoms with E-state index in [1.54, 1.807) is 19.1 Å². The van der Waals surface area contributed by atoms with E-state index < -0.39 is 5.54 Å². The first-order chi connectivity index (χ1) is 11.2. The molecule has 0 aliphatic heterocycles. The Hall–Kier alpha value is -2.37. The van der Waals surface area contributed by atoms with Crippen LogP contribution in [0.4, 0.5) is 0 Å². The first-order valence-electron chi connectivity index (χ1n) is 8.17. The Labute approximate surface area is 144 Å². The quantitative estimate of drug-likeness (QED) is 0.835. The van der Waals surface area contributed by atoms with E-state index in [1.165, 1.54) is 0 Å². The zero-order valence-corrected chi connectivity index (χ0v) is 15.1. The van der Waals surface area contributed by atoms with Crippen LogP contribution >= 0.6 is 0 Å². The number of benzene rings is 1. The maximum Gasteiger partial charge on any atom is 0.235 e. The summed E-state index contributed by atoms with van der Waals surface area (Å²) in [6.45, 7) is 10.5. The lowest BCUT2D eigenvalue weighted by Crippen LogP contribution is -2.52. The van der Waals surface area contributed by atoms with E-state index in [2.05, 4.69) is 17.5 Å². The molecule has 0 aromatic heterocycles. The molecule has 5 nitrogen and oxygen atoms in total. The second-order valence-corrected chi connectivity index (χ2v) is 6.82. The third-order valence-electron chi connectivity index (χ3n) is 4.33. The summed E-state index contributed by atoms with van der Waals surface area (Å²) >= 11 is 0. The SMILES string of the molecule is CC(C)N(CC(=O)NC(C)(C#N)C(C)C)Cc1ccc(C#N)cc1. The Morgan fingerprint density at radius 1 is 1.21 bits per heavy atom. The van der Waals surface area contributed by atoms with Crippen LogP contribution in [0.5, 0.6) is 0 Å². The van der Waals surface area contributed by atoms with Gasteiger partial charge < -0.3 is 5.32 Å². The molecule has 0 spiro atoms. The average Bonchev–Trinajstić information content (AvgIpc) is 2.54. The molecule has 0 aliphatic rings. The molecule has 0 aliphatic carbocycles. The maximum absolute atomic E-state index is 12.4. The highest BCUT2D eigenvalue weighted by Crippen LogP contribution is 2.15. The minimum absolute atomic E-state index is 0.0254. The van der Waals surface area contributed by atoms with E-state index >= 15 is 0 Å². The summed E-state index contributed by atoms with van der Waals surface area (Å²) < 4.78 is 0. The first-order valence-corrected chi connectivity index (χ1v) is 8.17. The van der Waals surface area contributed by atoms with Gasteiger partial charge in [-0.3, -0.25) is 9.69 Å². The Morgan fingerprint density at radius 2 is 1.79 bits per heavy atom. The zero-order chi connectivity index (χ0) is 18.3. The fraction of sp³-hybridized carbons (Fsp3) is 0.526. The van der Waals surface area contributed by atoms with E-state index in [-0.39, 0.29) is 24.4 Å². The van der Waals surface area contributed by atoms with Gasteiger partial charge in [-0.25, -0.2) is 0 Å². The Bertz CT molecular complexity index is 637. The molecule has 1 aromatic rings. The second-order valence-electron chi connectivity index (χ2n) is 6.82. The molecule has 1 N–H and O–H groups in total. The third-order valence-corrected chi connectivity index (χ3v) is 4.33. The Balaban J connectivity index is 2.77. The van der Waals surface area contributed by atoms with Gasteiger partial charge in [-0.15, -0.1) is 0 Å². The summed E-state index contributed by atoms with van der Waals surface area (Å²) in [6, 6.07) is 11.8. The molecule has 1 amide bonds. The molecule has 1 unspecified atom stereocenters. The van der Waals surface area contributed by atoms with Gasteiger partial charge in [0.05, 0.1) is 24.2 Å². The van der Waals surface area contributed by atoms with Gasteiger partial charge >= 0.3 is 0 Å². The fourth-order valence-electron chi connectivity index (χ4n) is 2.16. The highest BCUT2D eigenvalue weighted by molar-refractivity contribution is 5.79. The molecule has 0 bridgehead atoms. The topological polar surface area (TPSA) is 79.9 Å². The molecule has 0 saturated heterocycles. The van der Waals surface area contributed by atoms with E-state index in [9.17, 15) is 10.1 Å². The normalized spacial score (nSPS) is 13.4. The summed E-state index contributed by atoms with van der Waals surface area (Å²) in [5.74, 6) is -0.132. The molecular weight excluding hydrogens is 300 g/mol. The van der Waals surface area contributed by atoms with Crippen LogP contribution in [0, 0.1) is 28.6 Å².